The minimum absolute atomic E-state index is 0.0997. The number of carbonyl (C=O) groups is 1. The molecule has 0 aliphatic carbocycles. The van der Waals surface area contributed by atoms with Gasteiger partial charge in [0.2, 0.25) is 5.89 Å². The molecule has 0 bridgehead atoms. The molecule has 0 saturated heterocycles. The summed E-state index contributed by atoms with van der Waals surface area (Å²) in [6.07, 6.45) is 1.77. The number of benzene rings is 1. The van der Waals surface area contributed by atoms with Crippen molar-refractivity contribution in [3.05, 3.63) is 36.4 Å². The van der Waals surface area contributed by atoms with Crippen molar-refractivity contribution in [2.24, 2.45) is 0 Å². The third kappa shape index (κ3) is 4.32. The summed E-state index contributed by atoms with van der Waals surface area (Å²) in [4.78, 5) is 16.6. The molecule has 6 heteroatoms. The molecule has 0 saturated carbocycles. The van der Waals surface area contributed by atoms with E-state index in [-0.39, 0.29) is 6.42 Å². The monoisotopic (exact) mass is 290 g/mol. The summed E-state index contributed by atoms with van der Waals surface area (Å²) in [7, 11) is 3.45. The van der Waals surface area contributed by atoms with Crippen LogP contribution in [0.15, 0.2) is 34.9 Å². The second kappa shape index (κ2) is 6.90. The number of carboxylic acids is 1. The minimum Gasteiger partial charge on any atom is -0.497 e. The average Bonchev–Trinajstić information content (AvgIpc) is 2.93. The topological polar surface area (TPSA) is 75.8 Å². The van der Waals surface area contributed by atoms with E-state index in [1.807, 2.05) is 36.2 Å². The fourth-order valence-electron chi connectivity index (χ4n) is 1.87. The van der Waals surface area contributed by atoms with E-state index >= 15 is 0 Å². The van der Waals surface area contributed by atoms with Gasteiger partial charge in [-0.25, -0.2) is 4.98 Å². The van der Waals surface area contributed by atoms with Gasteiger partial charge in [-0.2, -0.15) is 0 Å². The molecular formula is C15H18N2O4. The summed E-state index contributed by atoms with van der Waals surface area (Å²) in [5.74, 6) is 1.22. The first kappa shape index (κ1) is 15.1. The standard InChI is InChI=1S/C15H18N2O4/c1-17(8-7-15(18)19)10-14-16-9-13(21-14)11-3-5-12(20-2)6-4-11/h3-6,9H,7-8,10H2,1-2H3,(H,18,19). The SMILES string of the molecule is COc1ccc(-c2cnc(CN(C)CCC(=O)O)o2)cc1. The number of ether oxygens (including phenoxy) is 1. The normalized spacial score (nSPS) is 10.8. The number of aromatic nitrogens is 1. The first-order valence-electron chi connectivity index (χ1n) is 6.58. The van der Waals surface area contributed by atoms with Crippen LogP contribution in [-0.4, -0.2) is 41.7 Å². The van der Waals surface area contributed by atoms with Gasteiger partial charge >= 0.3 is 5.97 Å². The number of nitrogens with zero attached hydrogens (tertiary/aromatic N) is 2. The van der Waals surface area contributed by atoms with E-state index in [0.717, 1.165) is 11.3 Å². The van der Waals surface area contributed by atoms with Gasteiger partial charge in [-0.3, -0.25) is 9.69 Å². The maximum Gasteiger partial charge on any atom is 0.304 e. The van der Waals surface area contributed by atoms with Crippen LogP contribution in [0.25, 0.3) is 11.3 Å². The van der Waals surface area contributed by atoms with Crippen LogP contribution in [-0.2, 0) is 11.3 Å². The van der Waals surface area contributed by atoms with Gasteiger partial charge in [-0.05, 0) is 31.3 Å². The molecule has 6 nitrogen and oxygen atoms in total. The van der Waals surface area contributed by atoms with Gasteiger partial charge in [-0.1, -0.05) is 0 Å². The fraction of sp³-hybridized carbons (Fsp3) is 0.333. The number of aliphatic carboxylic acids is 1. The van der Waals surface area contributed by atoms with Crippen molar-refractivity contribution in [1.29, 1.82) is 0 Å². The lowest BCUT2D eigenvalue weighted by Crippen LogP contribution is -2.21. The Balaban J connectivity index is 1.98. The molecule has 0 fully saturated rings. The molecule has 1 aromatic carbocycles. The van der Waals surface area contributed by atoms with Crippen molar-refractivity contribution in [1.82, 2.24) is 9.88 Å². The first-order valence-corrected chi connectivity index (χ1v) is 6.58. The Kier molecular flexibility index (Phi) is 4.94. The van der Waals surface area contributed by atoms with E-state index < -0.39 is 5.97 Å². The largest absolute Gasteiger partial charge is 0.497 e. The lowest BCUT2D eigenvalue weighted by molar-refractivity contribution is -0.137. The second-order valence-corrected chi connectivity index (χ2v) is 4.73. The Morgan fingerprint density at radius 2 is 2.10 bits per heavy atom. The van der Waals surface area contributed by atoms with Gasteiger partial charge < -0.3 is 14.3 Å². The third-order valence-electron chi connectivity index (χ3n) is 3.04. The number of rotatable bonds is 7. The van der Waals surface area contributed by atoms with Gasteiger partial charge in [-0.15, -0.1) is 0 Å². The van der Waals surface area contributed by atoms with E-state index in [1.54, 1.807) is 13.3 Å². The highest BCUT2D eigenvalue weighted by Crippen LogP contribution is 2.23. The summed E-state index contributed by atoms with van der Waals surface area (Å²) in [5, 5.41) is 8.65. The van der Waals surface area contributed by atoms with E-state index in [9.17, 15) is 4.79 Å². The summed E-state index contributed by atoms with van der Waals surface area (Å²) < 4.78 is 10.8. The van der Waals surface area contributed by atoms with Crippen LogP contribution < -0.4 is 4.74 Å². The molecule has 2 aromatic rings. The summed E-state index contributed by atoms with van der Waals surface area (Å²) >= 11 is 0. The predicted octanol–water partition coefficient (Wildman–Crippen LogP) is 2.26. The molecule has 21 heavy (non-hydrogen) atoms. The van der Waals surface area contributed by atoms with E-state index in [0.29, 0.717) is 24.7 Å². The van der Waals surface area contributed by atoms with Gasteiger partial charge in [0.05, 0.1) is 26.3 Å². The lowest BCUT2D eigenvalue weighted by Gasteiger charge is -2.12. The van der Waals surface area contributed by atoms with Crippen molar-refractivity contribution in [3.63, 3.8) is 0 Å². The molecule has 0 radical (unpaired) electrons. The predicted molar refractivity (Wildman–Crippen MR) is 77.1 cm³/mol. The molecule has 0 amide bonds. The van der Waals surface area contributed by atoms with Crippen molar-refractivity contribution >= 4 is 5.97 Å². The molecule has 0 aliphatic heterocycles. The Hall–Kier alpha value is -2.34. The summed E-state index contributed by atoms with van der Waals surface area (Å²) in [5.41, 5.74) is 0.919. The molecule has 0 spiro atoms. The van der Waals surface area contributed by atoms with Gasteiger partial charge in [0.15, 0.2) is 5.76 Å². The van der Waals surface area contributed by atoms with Crippen LogP contribution in [0.2, 0.25) is 0 Å². The maximum atomic E-state index is 10.5. The Morgan fingerprint density at radius 3 is 2.71 bits per heavy atom. The lowest BCUT2D eigenvalue weighted by atomic mass is 10.2. The second-order valence-electron chi connectivity index (χ2n) is 4.73. The Morgan fingerprint density at radius 1 is 1.38 bits per heavy atom. The number of hydrogen-bond acceptors (Lipinski definition) is 5. The van der Waals surface area contributed by atoms with E-state index in [4.69, 9.17) is 14.3 Å². The summed E-state index contributed by atoms with van der Waals surface area (Å²) in [6.45, 7) is 0.930. The summed E-state index contributed by atoms with van der Waals surface area (Å²) in [6, 6.07) is 7.52. The van der Waals surface area contributed by atoms with Gasteiger partial charge in [0, 0.05) is 12.1 Å². The van der Waals surface area contributed by atoms with Gasteiger partial charge in [0.25, 0.3) is 0 Å². The molecule has 2 rings (SSSR count). The number of hydrogen-bond donors (Lipinski definition) is 1. The van der Waals surface area contributed by atoms with Crippen LogP contribution in [0.5, 0.6) is 5.75 Å². The zero-order valence-corrected chi connectivity index (χ0v) is 12.1. The Labute approximate surface area is 123 Å². The van der Waals surface area contributed by atoms with Crippen LogP contribution in [0, 0.1) is 0 Å². The Bertz CT molecular complexity index is 592. The number of carboxylic acid groups (broad SMARTS) is 1. The van der Waals surface area contributed by atoms with E-state index in [1.165, 1.54) is 0 Å². The number of oxazole rings is 1. The molecule has 112 valence electrons. The molecular weight excluding hydrogens is 272 g/mol. The molecule has 0 atom stereocenters. The third-order valence-corrected chi connectivity index (χ3v) is 3.04. The van der Waals surface area contributed by atoms with Crippen LogP contribution in [0.1, 0.15) is 12.3 Å². The molecule has 1 heterocycles. The zero-order chi connectivity index (χ0) is 15.2. The average molecular weight is 290 g/mol. The van der Waals surface area contributed by atoms with E-state index in [2.05, 4.69) is 4.98 Å². The smallest absolute Gasteiger partial charge is 0.304 e. The highest BCUT2D eigenvalue weighted by molar-refractivity contribution is 5.66. The quantitative estimate of drug-likeness (QED) is 0.843. The van der Waals surface area contributed by atoms with Crippen LogP contribution >= 0.6 is 0 Å². The highest BCUT2D eigenvalue weighted by Gasteiger charge is 2.10. The van der Waals surface area contributed by atoms with Crippen molar-refractivity contribution in [3.8, 4) is 17.1 Å². The van der Waals surface area contributed by atoms with Crippen molar-refractivity contribution < 1.29 is 19.1 Å². The molecule has 1 N–H and O–H groups in total. The minimum atomic E-state index is -0.812. The van der Waals surface area contributed by atoms with Gasteiger partial charge in [0.1, 0.15) is 5.75 Å². The zero-order valence-electron chi connectivity index (χ0n) is 12.1. The molecule has 1 aromatic heterocycles. The number of methoxy groups -OCH3 is 1. The molecule has 0 unspecified atom stereocenters. The fourth-order valence-corrected chi connectivity index (χ4v) is 1.87. The molecule has 0 aliphatic rings. The van der Waals surface area contributed by atoms with Crippen molar-refractivity contribution in [2.75, 3.05) is 20.7 Å². The first-order chi connectivity index (χ1) is 10.1. The van der Waals surface area contributed by atoms with Crippen LogP contribution in [0.3, 0.4) is 0 Å². The maximum absolute atomic E-state index is 10.5. The highest BCUT2D eigenvalue weighted by atomic mass is 16.5. The van der Waals surface area contributed by atoms with Crippen LogP contribution in [0.4, 0.5) is 0 Å². The van der Waals surface area contributed by atoms with Crippen molar-refractivity contribution in [2.45, 2.75) is 13.0 Å².